The molecule has 1 aromatic rings. The van der Waals surface area contributed by atoms with Crippen LogP contribution in [-0.2, 0) is 25.6 Å². The average Bonchev–Trinajstić information content (AvgIpc) is 3.11. The molecule has 3 rings (SSSR count). The highest BCUT2D eigenvalue weighted by atomic mass is 35.5. The van der Waals surface area contributed by atoms with Crippen LogP contribution in [0.2, 0.25) is 0 Å². The van der Waals surface area contributed by atoms with E-state index in [1.807, 2.05) is 37.3 Å². The lowest BCUT2D eigenvalue weighted by Gasteiger charge is -2.43. The summed E-state index contributed by atoms with van der Waals surface area (Å²) in [5.41, 5.74) is 1.07. The Morgan fingerprint density at radius 1 is 1.15 bits per heavy atom. The number of rotatable bonds is 11. The van der Waals surface area contributed by atoms with Crippen LogP contribution in [-0.4, -0.2) is 82.1 Å². The lowest BCUT2D eigenvalue weighted by atomic mass is 9.87. The van der Waals surface area contributed by atoms with Gasteiger partial charge in [-0.1, -0.05) is 37.3 Å². The molecular weight excluding hydrogens is 452 g/mol. The van der Waals surface area contributed by atoms with E-state index in [2.05, 4.69) is 0 Å². The summed E-state index contributed by atoms with van der Waals surface area (Å²) >= 11 is 6.26. The van der Waals surface area contributed by atoms with Crippen molar-refractivity contribution in [2.24, 2.45) is 5.92 Å². The average molecular weight is 489 g/mol. The van der Waals surface area contributed by atoms with Gasteiger partial charge in [0.25, 0.3) is 0 Å². The molecule has 0 radical (unpaired) electrons. The molecule has 0 spiro atoms. The van der Waals surface area contributed by atoms with Crippen LogP contribution >= 0.6 is 11.6 Å². The molecule has 33 heavy (non-hydrogen) atoms. The number of hydrogen-bond donors (Lipinski definition) is 4. The first kappa shape index (κ1) is 26.8. The van der Waals surface area contributed by atoms with E-state index >= 15 is 0 Å². The van der Waals surface area contributed by atoms with Crippen molar-refractivity contribution in [3.8, 4) is 0 Å². The van der Waals surface area contributed by atoms with E-state index in [-0.39, 0.29) is 31.8 Å². The van der Waals surface area contributed by atoms with Crippen molar-refractivity contribution in [2.75, 3.05) is 20.3 Å². The fraction of sp³-hybridized carbons (Fsp3) is 0.750. The van der Waals surface area contributed by atoms with Gasteiger partial charge in [-0.15, -0.1) is 11.6 Å². The summed E-state index contributed by atoms with van der Waals surface area (Å²) in [7, 11) is 1.50. The van der Waals surface area contributed by atoms with E-state index in [0.717, 1.165) is 5.56 Å². The fourth-order valence-electron chi connectivity index (χ4n) is 4.59. The van der Waals surface area contributed by atoms with Crippen molar-refractivity contribution >= 4 is 11.6 Å². The predicted octanol–water partition coefficient (Wildman–Crippen LogP) is 1.94. The van der Waals surface area contributed by atoms with Gasteiger partial charge in [-0.3, -0.25) is 0 Å². The Morgan fingerprint density at radius 3 is 2.55 bits per heavy atom. The summed E-state index contributed by atoms with van der Waals surface area (Å²) in [6, 6.07) is 9.81. The maximum absolute atomic E-state index is 11.1. The Balaban J connectivity index is 1.47. The number of alkyl halides is 1. The van der Waals surface area contributed by atoms with E-state index < -0.39 is 41.4 Å². The summed E-state index contributed by atoms with van der Waals surface area (Å²) in [5, 5.41) is 41.4. The van der Waals surface area contributed by atoms with Crippen molar-refractivity contribution in [3.63, 3.8) is 0 Å². The third kappa shape index (κ3) is 6.87. The topological polar surface area (TPSA) is 118 Å². The quantitative estimate of drug-likeness (QED) is 0.276. The number of aliphatic hydroxyl groups excluding tert-OH is 2. The number of benzene rings is 1. The highest BCUT2D eigenvalue weighted by Crippen LogP contribution is 2.41. The zero-order valence-corrected chi connectivity index (χ0v) is 20.1. The molecule has 2 aliphatic rings. The molecule has 2 aliphatic heterocycles. The van der Waals surface area contributed by atoms with Crippen molar-refractivity contribution in [2.45, 2.75) is 87.0 Å². The summed E-state index contributed by atoms with van der Waals surface area (Å²) in [6.45, 7) is 2.35. The summed E-state index contributed by atoms with van der Waals surface area (Å²) in [6.07, 6.45) is -1.29. The van der Waals surface area contributed by atoms with E-state index in [0.29, 0.717) is 26.1 Å². The SMILES string of the molecule is CO[C@@H]1CC(O)(CC[C@H](C)C2(O)C[C@H](O)[C@H](CCOCc3ccccc3)O2)O[C@H](CO)[C@H]1Cl. The van der Waals surface area contributed by atoms with Gasteiger partial charge in [0.05, 0.1) is 36.9 Å². The fourth-order valence-corrected chi connectivity index (χ4v) is 4.92. The maximum Gasteiger partial charge on any atom is 0.171 e. The Hall–Kier alpha value is -0.810. The first-order valence-corrected chi connectivity index (χ1v) is 12.0. The molecule has 2 fully saturated rings. The molecule has 0 bridgehead atoms. The molecule has 188 valence electrons. The van der Waals surface area contributed by atoms with Gasteiger partial charge in [0.1, 0.15) is 6.10 Å². The molecule has 2 heterocycles. The van der Waals surface area contributed by atoms with Crippen molar-refractivity contribution in [1.82, 2.24) is 0 Å². The molecule has 8 atom stereocenters. The second-order valence-corrected chi connectivity index (χ2v) is 9.75. The van der Waals surface area contributed by atoms with Crippen LogP contribution in [0.1, 0.15) is 44.6 Å². The van der Waals surface area contributed by atoms with Gasteiger partial charge in [0.15, 0.2) is 11.6 Å². The number of ether oxygens (including phenoxy) is 4. The molecule has 9 heteroatoms. The Bertz CT molecular complexity index is 708. The highest BCUT2D eigenvalue weighted by molar-refractivity contribution is 6.21. The molecular formula is C24H37ClO8. The van der Waals surface area contributed by atoms with Crippen LogP contribution in [0.3, 0.4) is 0 Å². The standard InChI is InChI=1S/C24H37ClO8/c1-16(8-10-23(28)13-20(30-2)22(25)21(14-26)32-23)24(29)12-18(27)19(33-24)9-11-31-15-17-6-4-3-5-7-17/h3-7,16,18-22,26-29H,8-15H2,1-2H3/t16-,18-,19-,20+,21+,22-,23?,24?/m0/s1. The second-order valence-electron chi connectivity index (χ2n) is 9.25. The van der Waals surface area contributed by atoms with Crippen molar-refractivity contribution < 1.29 is 39.4 Å². The minimum atomic E-state index is -1.54. The van der Waals surface area contributed by atoms with Gasteiger partial charge in [0.2, 0.25) is 0 Å². The number of halogens is 1. The van der Waals surface area contributed by atoms with E-state index in [4.69, 9.17) is 30.5 Å². The monoisotopic (exact) mass is 488 g/mol. The molecule has 2 unspecified atom stereocenters. The third-order valence-electron chi connectivity index (χ3n) is 6.77. The second kappa shape index (κ2) is 11.7. The molecule has 1 aromatic carbocycles. The molecule has 8 nitrogen and oxygen atoms in total. The van der Waals surface area contributed by atoms with Gasteiger partial charge in [-0.25, -0.2) is 0 Å². The zero-order chi connectivity index (χ0) is 24.1. The van der Waals surface area contributed by atoms with Gasteiger partial charge in [-0.2, -0.15) is 0 Å². The summed E-state index contributed by atoms with van der Waals surface area (Å²) in [5.74, 6) is -3.43. The van der Waals surface area contributed by atoms with Crippen molar-refractivity contribution in [3.05, 3.63) is 35.9 Å². The van der Waals surface area contributed by atoms with E-state index in [1.54, 1.807) is 0 Å². The molecule has 0 amide bonds. The van der Waals surface area contributed by atoms with Crippen LogP contribution in [0.4, 0.5) is 0 Å². The van der Waals surface area contributed by atoms with Gasteiger partial charge in [-0.05, 0) is 18.4 Å². The smallest absolute Gasteiger partial charge is 0.171 e. The van der Waals surface area contributed by atoms with Gasteiger partial charge >= 0.3 is 0 Å². The summed E-state index contributed by atoms with van der Waals surface area (Å²) in [4.78, 5) is 0. The number of hydrogen-bond acceptors (Lipinski definition) is 8. The molecule has 2 saturated heterocycles. The van der Waals surface area contributed by atoms with Crippen LogP contribution < -0.4 is 0 Å². The van der Waals surface area contributed by atoms with E-state index in [9.17, 15) is 20.4 Å². The Labute approximate surface area is 200 Å². The molecule has 0 aromatic heterocycles. The Morgan fingerprint density at radius 2 is 1.88 bits per heavy atom. The minimum absolute atomic E-state index is 0.0838. The van der Waals surface area contributed by atoms with Gasteiger partial charge in [0, 0.05) is 38.9 Å². The predicted molar refractivity (Wildman–Crippen MR) is 122 cm³/mol. The lowest BCUT2D eigenvalue weighted by Crippen LogP contribution is -2.54. The first-order valence-electron chi connectivity index (χ1n) is 11.6. The Kier molecular flexibility index (Phi) is 9.54. The zero-order valence-electron chi connectivity index (χ0n) is 19.3. The highest BCUT2D eigenvalue weighted by Gasteiger charge is 2.50. The van der Waals surface area contributed by atoms with E-state index in [1.165, 1.54) is 7.11 Å². The van der Waals surface area contributed by atoms with Crippen LogP contribution in [0.5, 0.6) is 0 Å². The molecule has 0 saturated carbocycles. The number of methoxy groups -OCH3 is 1. The molecule has 0 aliphatic carbocycles. The van der Waals surface area contributed by atoms with Gasteiger partial charge < -0.3 is 39.4 Å². The maximum atomic E-state index is 11.1. The number of aliphatic hydroxyl groups is 4. The normalized spacial score (nSPS) is 37.8. The largest absolute Gasteiger partial charge is 0.394 e. The van der Waals surface area contributed by atoms with Crippen molar-refractivity contribution in [1.29, 1.82) is 0 Å². The molecule has 4 N–H and O–H groups in total. The lowest BCUT2D eigenvalue weighted by molar-refractivity contribution is -0.285. The first-order chi connectivity index (χ1) is 15.7. The van der Waals surface area contributed by atoms with Crippen LogP contribution in [0.25, 0.3) is 0 Å². The van der Waals surface area contributed by atoms with Crippen LogP contribution in [0.15, 0.2) is 30.3 Å². The minimum Gasteiger partial charge on any atom is -0.394 e. The third-order valence-corrected chi connectivity index (χ3v) is 7.33. The summed E-state index contributed by atoms with van der Waals surface area (Å²) < 4.78 is 22.6. The van der Waals surface area contributed by atoms with Crippen LogP contribution in [0, 0.1) is 5.92 Å².